The summed E-state index contributed by atoms with van der Waals surface area (Å²) in [6, 6.07) is 8.81. The molecule has 0 unspecified atom stereocenters. The fourth-order valence-corrected chi connectivity index (χ4v) is 2.28. The van der Waals surface area contributed by atoms with Gasteiger partial charge in [-0.2, -0.15) is 0 Å². The van der Waals surface area contributed by atoms with Crippen molar-refractivity contribution >= 4 is 17.8 Å². The number of carboxylic acids is 1. The maximum absolute atomic E-state index is 11.8. The maximum Gasteiger partial charge on any atom is 0.303 e. The van der Waals surface area contributed by atoms with Crippen molar-refractivity contribution < 1.29 is 19.5 Å². The Morgan fingerprint density at radius 2 is 1.86 bits per heavy atom. The van der Waals surface area contributed by atoms with Crippen LogP contribution in [0, 0.1) is 5.92 Å². The van der Waals surface area contributed by atoms with Gasteiger partial charge in [-0.3, -0.25) is 14.4 Å². The number of amides is 2. The van der Waals surface area contributed by atoms with E-state index in [0.717, 1.165) is 0 Å². The highest BCUT2D eigenvalue weighted by atomic mass is 16.4. The number of nitrogens with zero attached hydrogens (tertiary/aromatic N) is 1. The van der Waals surface area contributed by atoms with Crippen molar-refractivity contribution in [3.63, 3.8) is 0 Å². The predicted molar refractivity (Wildman–Crippen MR) is 75.7 cm³/mol. The van der Waals surface area contributed by atoms with Crippen LogP contribution >= 0.6 is 0 Å². The van der Waals surface area contributed by atoms with Crippen LogP contribution < -0.4 is 5.32 Å². The molecule has 1 aromatic rings. The smallest absolute Gasteiger partial charge is 0.303 e. The molecule has 0 spiro atoms. The summed E-state index contributed by atoms with van der Waals surface area (Å²) in [5.74, 6) is -1.02. The maximum atomic E-state index is 11.8. The van der Waals surface area contributed by atoms with Gasteiger partial charge in [0.05, 0.1) is 6.42 Å². The largest absolute Gasteiger partial charge is 0.481 e. The molecule has 6 heteroatoms. The van der Waals surface area contributed by atoms with Crippen molar-refractivity contribution in [3.8, 4) is 0 Å². The molecule has 0 aliphatic carbocycles. The lowest BCUT2D eigenvalue weighted by Gasteiger charge is -2.38. The zero-order valence-electron chi connectivity index (χ0n) is 11.6. The average molecular weight is 290 g/mol. The molecule has 1 fully saturated rings. The number of hydrogen-bond acceptors (Lipinski definition) is 3. The van der Waals surface area contributed by atoms with Crippen molar-refractivity contribution in [1.82, 2.24) is 10.2 Å². The number of benzene rings is 1. The van der Waals surface area contributed by atoms with Gasteiger partial charge in [-0.1, -0.05) is 18.2 Å². The van der Waals surface area contributed by atoms with Crippen LogP contribution in [-0.4, -0.2) is 47.4 Å². The lowest BCUT2D eigenvalue weighted by molar-refractivity contribution is -0.145. The van der Waals surface area contributed by atoms with E-state index < -0.39 is 5.97 Å². The Balaban J connectivity index is 1.64. The van der Waals surface area contributed by atoms with Crippen LogP contribution in [-0.2, 0) is 9.59 Å². The minimum Gasteiger partial charge on any atom is -0.481 e. The van der Waals surface area contributed by atoms with Gasteiger partial charge in [0.1, 0.15) is 0 Å². The van der Waals surface area contributed by atoms with E-state index in [1.54, 1.807) is 29.2 Å². The number of carboxylic acid groups (broad SMARTS) is 1. The normalized spacial score (nSPS) is 14.4. The first-order valence-corrected chi connectivity index (χ1v) is 6.89. The lowest BCUT2D eigenvalue weighted by Crippen LogP contribution is -2.51. The number of likely N-dealkylation sites (tertiary alicyclic amines) is 1. The molecular weight excluding hydrogens is 272 g/mol. The summed E-state index contributed by atoms with van der Waals surface area (Å²) in [4.78, 5) is 35.7. The van der Waals surface area contributed by atoms with Crippen LogP contribution in [0.1, 0.15) is 23.2 Å². The zero-order chi connectivity index (χ0) is 15.2. The fraction of sp³-hybridized carbons (Fsp3) is 0.400. The minimum absolute atomic E-state index is 0.0509. The van der Waals surface area contributed by atoms with E-state index in [2.05, 4.69) is 5.32 Å². The summed E-state index contributed by atoms with van der Waals surface area (Å²) in [5, 5.41) is 11.3. The van der Waals surface area contributed by atoms with Gasteiger partial charge >= 0.3 is 5.97 Å². The average Bonchev–Trinajstić information content (AvgIpc) is 2.42. The summed E-state index contributed by atoms with van der Waals surface area (Å²) in [7, 11) is 0. The van der Waals surface area contributed by atoms with Gasteiger partial charge in [0, 0.05) is 37.5 Å². The van der Waals surface area contributed by atoms with Crippen LogP contribution in [0.4, 0.5) is 0 Å². The van der Waals surface area contributed by atoms with Crippen molar-refractivity contribution in [1.29, 1.82) is 0 Å². The summed E-state index contributed by atoms with van der Waals surface area (Å²) in [6.07, 6.45) is 0.340. The summed E-state index contributed by atoms with van der Waals surface area (Å²) in [6.45, 7) is 1.28. The number of rotatable bonds is 6. The Morgan fingerprint density at radius 3 is 2.48 bits per heavy atom. The predicted octanol–water partition coefficient (Wildman–Crippen LogP) is 0.740. The summed E-state index contributed by atoms with van der Waals surface area (Å²) >= 11 is 0. The van der Waals surface area contributed by atoms with Crippen molar-refractivity contribution in [3.05, 3.63) is 35.9 Å². The first kappa shape index (κ1) is 15.0. The van der Waals surface area contributed by atoms with Crippen LogP contribution in [0.25, 0.3) is 0 Å². The minimum atomic E-state index is -0.831. The monoisotopic (exact) mass is 290 g/mol. The van der Waals surface area contributed by atoms with Gasteiger partial charge < -0.3 is 15.3 Å². The number of hydrogen-bond donors (Lipinski definition) is 2. The van der Waals surface area contributed by atoms with Crippen molar-refractivity contribution in [2.24, 2.45) is 5.92 Å². The molecule has 1 saturated heterocycles. The summed E-state index contributed by atoms with van der Waals surface area (Å²) < 4.78 is 0. The molecule has 2 N–H and O–H groups in total. The molecule has 1 aliphatic rings. The van der Waals surface area contributed by atoms with E-state index in [0.29, 0.717) is 18.7 Å². The highest BCUT2D eigenvalue weighted by Crippen LogP contribution is 2.19. The molecule has 21 heavy (non-hydrogen) atoms. The third kappa shape index (κ3) is 4.30. The molecule has 2 amide bonds. The van der Waals surface area contributed by atoms with Crippen LogP contribution in [0.5, 0.6) is 0 Å². The highest BCUT2D eigenvalue weighted by Gasteiger charge is 2.31. The van der Waals surface area contributed by atoms with Crippen LogP contribution in [0.2, 0.25) is 0 Å². The Labute approximate surface area is 122 Å². The molecule has 6 nitrogen and oxygen atoms in total. The Morgan fingerprint density at radius 1 is 1.19 bits per heavy atom. The van der Waals surface area contributed by atoms with E-state index in [1.165, 1.54) is 0 Å². The second-order valence-corrected chi connectivity index (χ2v) is 5.13. The van der Waals surface area contributed by atoms with Gasteiger partial charge in [-0.25, -0.2) is 0 Å². The number of carbonyl (C=O) groups excluding carboxylic acids is 2. The molecular formula is C15H18N2O4. The molecule has 1 aliphatic heterocycles. The molecule has 2 rings (SSSR count). The molecule has 0 saturated carbocycles. The van der Waals surface area contributed by atoms with Gasteiger partial charge in [0.15, 0.2) is 0 Å². The Bertz CT molecular complexity index is 524. The van der Waals surface area contributed by atoms with E-state index in [1.807, 2.05) is 6.07 Å². The fourth-order valence-electron chi connectivity index (χ4n) is 2.28. The number of aliphatic carboxylic acids is 1. The molecule has 1 aromatic carbocycles. The Hall–Kier alpha value is -2.37. The third-order valence-electron chi connectivity index (χ3n) is 3.43. The topological polar surface area (TPSA) is 86.7 Å². The van der Waals surface area contributed by atoms with Gasteiger partial charge in [0.25, 0.3) is 5.91 Å². The van der Waals surface area contributed by atoms with E-state index in [-0.39, 0.29) is 37.1 Å². The first-order chi connectivity index (χ1) is 10.1. The van der Waals surface area contributed by atoms with Gasteiger partial charge in [-0.15, -0.1) is 0 Å². The second kappa shape index (κ2) is 6.88. The van der Waals surface area contributed by atoms with Crippen LogP contribution in [0.3, 0.4) is 0 Å². The molecule has 0 atom stereocenters. The van der Waals surface area contributed by atoms with Crippen molar-refractivity contribution in [2.45, 2.75) is 12.8 Å². The SMILES string of the molecule is O=C(O)CC1CN(C(=O)CCNC(=O)c2ccccc2)C1. The number of nitrogens with one attached hydrogen (secondary N) is 1. The quantitative estimate of drug-likeness (QED) is 0.809. The third-order valence-corrected chi connectivity index (χ3v) is 3.43. The molecule has 0 bridgehead atoms. The van der Waals surface area contributed by atoms with Gasteiger partial charge in [-0.05, 0) is 12.1 Å². The molecule has 1 heterocycles. The number of carbonyl (C=O) groups is 3. The lowest BCUT2D eigenvalue weighted by atomic mass is 9.96. The zero-order valence-corrected chi connectivity index (χ0v) is 11.6. The summed E-state index contributed by atoms with van der Waals surface area (Å²) in [5.41, 5.74) is 0.565. The highest BCUT2D eigenvalue weighted by molar-refractivity contribution is 5.94. The molecule has 0 aromatic heterocycles. The van der Waals surface area contributed by atoms with E-state index in [9.17, 15) is 14.4 Å². The molecule has 112 valence electrons. The van der Waals surface area contributed by atoms with Crippen molar-refractivity contribution in [2.75, 3.05) is 19.6 Å². The first-order valence-electron chi connectivity index (χ1n) is 6.89. The van der Waals surface area contributed by atoms with Gasteiger partial charge in [0.2, 0.25) is 5.91 Å². The Kier molecular flexibility index (Phi) is 4.92. The van der Waals surface area contributed by atoms with E-state index >= 15 is 0 Å². The second-order valence-electron chi connectivity index (χ2n) is 5.13. The van der Waals surface area contributed by atoms with E-state index in [4.69, 9.17) is 5.11 Å². The van der Waals surface area contributed by atoms with Crippen LogP contribution in [0.15, 0.2) is 30.3 Å². The molecule has 0 radical (unpaired) electrons. The standard InChI is InChI=1S/C15H18N2O4/c18-13(17-9-11(10-17)8-14(19)20)6-7-16-15(21)12-4-2-1-3-5-12/h1-5,11H,6-10H2,(H,16,21)(H,19,20).